The predicted octanol–water partition coefficient (Wildman–Crippen LogP) is 4.21. The van der Waals surface area contributed by atoms with Crippen LogP contribution in [0.15, 0.2) is 36.5 Å². The van der Waals surface area contributed by atoms with E-state index < -0.39 is 0 Å². The van der Waals surface area contributed by atoms with E-state index in [4.69, 9.17) is 0 Å². The highest BCUT2D eigenvalue weighted by molar-refractivity contribution is 5.13. The van der Waals surface area contributed by atoms with Gasteiger partial charge in [-0.2, -0.15) is 0 Å². The van der Waals surface area contributed by atoms with Crippen LogP contribution in [0.2, 0.25) is 0 Å². The van der Waals surface area contributed by atoms with E-state index in [9.17, 15) is 0 Å². The number of hydrogen-bond acceptors (Lipinski definition) is 0. The van der Waals surface area contributed by atoms with Gasteiger partial charge in [0.1, 0.15) is 0 Å². The van der Waals surface area contributed by atoms with E-state index in [1.54, 1.807) is 0 Å². The Morgan fingerprint density at radius 2 is 1.23 bits per heavy atom. The minimum Gasteiger partial charge on any atom is -0.0845 e. The minimum absolute atomic E-state index is 1.23. The standard InChI is InChI=1S/C13H19/c1-2-4-6-8-10-12-13-11-9-7-5-3-1/h1-7H,8-13H2/b2-1+,5-3+,6-4-. The van der Waals surface area contributed by atoms with Crippen LogP contribution in [0, 0.1) is 6.42 Å². The molecule has 0 bridgehead atoms. The van der Waals surface area contributed by atoms with Crippen LogP contribution in [0.3, 0.4) is 0 Å². The molecule has 0 aromatic rings. The van der Waals surface area contributed by atoms with E-state index in [1.165, 1.54) is 38.5 Å². The Hall–Kier alpha value is -0.780. The summed E-state index contributed by atoms with van der Waals surface area (Å²) in [4.78, 5) is 0. The zero-order valence-corrected chi connectivity index (χ0v) is 8.28. The number of rotatable bonds is 0. The van der Waals surface area contributed by atoms with Gasteiger partial charge in [0.2, 0.25) is 0 Å². The fourth-order valence-corrected chi connectivity index (χ4v) is 1.42. The fourth-order valence-electron chi connectivity index (χ4n) is 1.42. The molecule has 0 heterocycles. The van der Waals surface area contributed by atoms with Gasteiger partial charge in [-0.1, -0.05) is 55.7 Å². The largest absolute Gasteiger partial charge is 0.0845 e. The maximum absolute atomic E-state index is 2.26. The quantitative estimate of drug-likeness (QED) is 0.517. The van der Waals surface area contributed by atoms with Crippen LogP contribution in [0.4, 0.5) is 0 Å². The monoisotopic (exact) mass is 175 g/mol. The highest BCUT2D eigenvalue weighted by Crippen LogP contribution is 2.08. The highest BCUT2D eigenvalue weighted by atomic mass is 13.9. The third kappa shape index (κ3) is 6.39. The van der Waals surface area contributed by atoms with Crippen LogP contribution in [-0.2, 0) is 0 Å². The summed E-state index contributed by atoms with van der Waals surface area (Å²) in [6.07, 6.45) is 23.0. The molecule has 0 spiro atoms. The topological polar surface area (TPSA) is 0 Å². The van der Waals surface area contributed by atoms with Gasteiger partial charge in [-0.25, -0.2) is 0 Å². The van der Waals surface area contributed by atoms with Crippen molar-refractivity contribution < 1.29 is 0 Å². The molecule has 1 radical (unpaired) electrons. The molecular formula is C13H19. The predicted molar refractivity (Wildman–Crippen MR) is 59.4 cm³/mol. The van der Waals surface area contributed by atoms with E-state index in [0.29, 0.717) is 0 Å². The Morgan fingerprint density at radius 3 is 2.15 bits per heavy atom. The molecule has 0 saturated heterocycles. The summed E-state index contributed by atoms with van der Waals surface area (Å²) in [5.74, 6) is 0. The third-order valence-corrected chi connectivity index (χ3v) is 2.21. The van der Waals surface area contributed by atoms with Crippen LogP contribution in [0.25, 0.3) is 0 Å². The fraction of sp³-hybridized carbons (Fsp3) is 0.462. The van der Waals surface area contributed by atoms with Crippen LogP contribution >= 0.6 is 0 Å². The summed E-state index contributed by atoms with van der Waals surface area (Å²) in [5.41, 5.74) is 0. The molecular weight excluding hydrogens is 156 g/mol. The van der Waals surface area contributed by atoms with Gasteiger partial charge >= 0.3 is 0 Å². The van der Waals surface area contributed by atoms with Gasteiger partial charge in [-0.3, -0.25) is 0 Å². The number of allylic oxidation sites excluding steroid dienone is 6. The van der Waals surface area contributed by atoms with E-state index >= 15 is 0 Å². The van der Waals surface area contributed by atoms with Crippen molar-refractivity contribution in [1.29, 1.82) is 0 Å². The van der Waals surface area contributed by atoms with Gasteiger partial charge in [-0.05, 0) is 25.7 Å². The summed E-state index contributed by atoms with van der Waals surface area (Å²) in [5, 5.41) is 0. The Labute approximate surface area is 82.0 Å². The van der Waals surface area contributed by atoms with Crippen LogP contribution in [0.5, 0.6) is 0 Å². The third-order valence-electron chi connectivity index (χ3n) is 2.21. The lowest BCUT2D eigenvalue weighted by Crippen LogP contribution is -1.78. The summed E-state index contributed by atoms with van der Waals surface area (Å²) in [6.45, 7) is 0. The Kier molecular flexibility index (Phi) is 6.22. The van der Waals surface area contributed by atoms with Crippen molar-refractivity contribution >= 4 is 0 Å². The van der Waals surface area contributed by atoms with E-state index in [-0.39, 0.29) is 0 Å². The van der Waals surface area contributed by atoms with E-state index in [2.05, 4.69) is 42.9 Å². The summed E-state index contributed by atoms with van der Waals surface area (Å²) in [6, 6.07) is 0. The molecule has 0 amide bonds. The van der Waals surface area contributed by atoms with Crippen molar-refractivity contribution in [2.75, 3.05) is 0 Å². The van der Waals surface area contributed by atoms with Gasteiger partial charge < -0.3 is 0 Å². The van der Waals surface area contributed by atoms with Crippen LogP contribution < -0.4 is 0 Å². The van der Waals surface area contributed by atoms with Gasteiger partial charge in [0, 0.05) is 0 Å². The lowest BCUT2D eigenvalue weighted by molar-refractivity contribution is 0.646. The van der Waals surface area contributed by atoms with Crippen molar-refractivity contribution in [1.82, 2.24) is 0 Å². The van der Waals surface area contributed by atoms with Crippen LogP contribution in [-0.4, -0.2) is 0 Å². The molecule has 0 N–H and O–H groups in total. The molecule has 0 saturated carbocycles. The minimum atomic E-state index is 1.23. The zero-order chi connectivity index (χ0) is 9.19. The van der Waals surface area contributed by atoms with E-state index in [1.807, 2.05) is 0 Å². The molecule has 1 aliphatic carbocycles. The smallest absolute Gasteiger partial charge is 0.0167 e. The molecule has 0 aromatic carbocycles. The van der Waals surface area contributed by atoms with Crippen molar-refractivity contribution in [3.05, 3.63) is 42.9 Å². The summed E-state index contributed by atoms with van der Waals surface area (Å²) >= 11 is 0. The first-order chi connectivity index (χ1) is 6.50. The molecule has 0 atom stereocenters. The van der Waals surface area contributed by atoms with Crippen molar-refractivity contribution in [2.45, 2.75) is 38.5 Å². The molecule has 0 nitrogen and oxygen atoms in total. The normalized spacial score (nSPS) is 27.7. The SMILES string of the molecule is [CH]1/C=C/C=C/C=C\CCCCCC1. The lowest BCUT2D eigenvalue weighted by Gasteiger charge is -1.97. The molecule has 0 aliphatic heterocycles. The molecule has 0 unspecified atom stereocenters. The summed E-state index contributed by atoms with van der Waals surface area (Å²) < 4.78 is 0. The Morgan fingerprint density at radius 1 is 0.538 bits per heavy atom. The van der Waals surface area contributed by atoms with E-state index in [0.717, 1.165) is 0 Å². The van der Waals surface area contributed by atoms with Crippen molar-refractivity contribution in [3.8, 4) is 0 Å². The van der Waals surface area contributed by atoms with Crippen molar-refractivity contribution in [2.24, 2.45) is 0 Å². The average Bonchev–Trinajstić information content (AvgIpc) is 2.18. The second kappa shape index (κ2) is 7.85. The average molecular weight is 175 g/mol. The summed E-state index contributed by atoms with van der Waals surface area (Å²) in [7, 11) is 0. The second-order valence-electron chi connectivity index (χ2n) is 3.43. The Balaban J connectivity index is 2.29. The van der Waals surface area contributed by atoms with Gasteiger partial charge in [0.15, 0.2) is 0 Å². The first-order valence-electron chi connectivity index (χ1n) is 5.32. The molecule has 0 fully saturated rings. The first kappa shape index (κ1) is 10.3. The molecule has 13 heavy (non-hydrogen) atoms. The maximum Gasteiger partial charge on any atom is -0.0167 e. The molecule has 71 valence electrons. The highest BCUT2D eigenvalue weighted by Gasteiger charge is 1.88. The van der Waals surface area contributed by atoms with Gasteiger partial charge in [-0.15, -0.1) is 0 Å². The van der Waals surface area contributed by atoms with Gasteiger partial charge in [0.05, 0.1) is 0 Å². The maximum atomic E-state index is 2.26. The zero-order valence-electron chi connectivity index (χ0n) is 8.28. The molecule has 1 rings (SSSR count). The van der Waals surface area contributed by atoms with Gasteiger partial charge in [0.25, 0.3) is 0 Å². The van der Waals surface area contributed by atoms with Crippen molar-refractivity contribution in [3.63, 3.8) is 0 Å². The molecule has 0 aromatic heterocycles. The molecule has 0 heteroatoms. The second-order valence-corrected chi connectivity index (χ2v) is 3.43. The van der Waals surface area contributed by atoms with Crippen LogP contribution in [0.1, 0.15) is 38.5 Å². The molecule has 1 aliphatic rings. The first-order valence-corrected chi connectivity index (χ1v) is 5.32. The Bertz CT molecular complexity index is 164. The number of hydrogen-bond donors (Lipinski definition) is 0. The lowest BCUT2D eigenvalue weighted by atomic mass is 10.1.